The second-order valence-electron chi connectivity index (χ2n) is 8.82. The third-order valence-electron chi connectivity index (χ3n) is 6.05. The SMILES string of the molecule is CCOC(=O)c1cc(NC(=O)Cn2cc(-c3ccnc4ccccc34)c(-c3cccc(C)n3)n2)cc(F)c1N. The number of hydrogen-bond acceptors (Lipinski definition) is 7. The van der Waals surface area contributed by atoms with Gasteiger partial charge in [0.25, 0.3) is 0 Å². The molecule has 0 unspecified atom stereocenters. The predicted octanol–water partition coefficient (Wildman–Crippen LogP) is 5.01. The van der Waals surface area contributed by atoms with Crippen molar-refractivity contribution in [2.45, 2.75) is 20.4 Å². The summed E-state index contributed by atoms with van der Waals surface area (Å²) in [4.78, 5) is 34.2. The minimum absolute atomic E-state index is 0.0721. The molecule has 0 radical (unpaired) electrons. The van der Waals surface area contributed by atoms with Crippen molar-refractivity contribution in [2.24, 2.45) is 0 Å². The highest BCUT2D eigenvalue weighted by molar-refractivity contribution is 5.99. The number of halogens is 1. The predicted molar refractivity (Wildman–Crippen MR) is 146 cm³/mol. The minimum atomic E-state index is -0.838. The summed E-state index contributed by atoms with van der Waals surface area (Å²) in [5.74, 6) is -2.09. The van der Waals surface area contributed by atoms with Gasteiger partial charge in [0.05, 0.1) is 29.1 Å². The van der Waals surface area contributed by atoms with Gasteiger partial charge < -0.3 is 15.8 Å². The van der Waals surface area contributed by atoms with E-state index in [1.54, 1.807) is 19.3 Å². The van der Waals surface area contributed by atoms with E-state index in [1.165, 1.54) is 10.7 Å². The number of nitrogens with two attached hydrogens (primary N) is 1. The second kappa shape index (κ2) is 10.7. The summed E-state index contributed by atoms with van der Waals surface area (Å²) in [5.41, 5.74) is 9.86. The van der Waals surface area contributed by atoms with E-state index in [-0.39, 0.29) is 30.1 Å². The van der Waals surface area contributed by atoms with Crippen LogP contribution in [0.2, 0.25) is 0 Å². The van der Waals surface area contributed by atoms with Gasteiger partial charge in [-0.25, -0.2) is 9.18 Å². The van der Waals surface area contributed by atoms with Gasteiger partial charge >= 0.3 is 5.97 Å². The van der Waals surface area contributed by atoms with Crippen LogP contribution in [0.1, 0.15) is 23.0 Å². The molecule has 0 bridgehead atoms. The average molecular weight is 525 g/mol. The molecule has 0 fully saturated rings. The van der Waals surface area contributed by atoms with Gasteiger partial charge in [0.2, 0.25) is 5.91 Å². The molecule has 0 atom stereocenters. The maximum Gasteiger partial charge on any atom is 0.340 e. The number of pyridine rings is 2. The van der Waals surface area contributed by atoms with Crippen molar-refractivity contribution in [1.29, 1.82) is 0 Å². The fourth-order valence-electron chi connectivity index (χ4n) is 4.31. The molecule has 5 rings (SSSR count). The first-order valence-corrected chi connectivity index (χ1v) is 12.3. The molecule has 3 N–H and O–H groups in total. The molecule has 5 aromatic rings. The average Bonchev–Trinajstić information content (AvgIpc) is 3.33. The second-order valence-corrected chi connectivity index (χ2v) is 8.82. The van der Waals surface area contributed by atoms with E-state index in [9.17, 15) is 14.0 Å². The number of carbonyl (C=O) groups is 2. The molecule has 1 amide bonds. The fraction of sp³-hybridized carbons (Fsp3) is 0.138. The number of aromatic nitrogens is 4. The number of esters is 1. The molecule has 3 heterocycles. The quantitative estimate of drug-likeness (QED) is 0.227. The van der Waals surface area contributed by atoms with Crippen LogP contribution in [0.15, 0.2) is 73.1 Å². The van der Waals surface area contributed by atoms with Crippen LogP contribution in [0, 0.1) is 12.7 Å². The van der Waals surface area contributed by atoms with Gasteiger partial charge in [-0.3, -0.25) is 19.4 Å². The van der Waals surface area contributed by atoms with Crippen molar-refractivity contribution in [3.8, 4) is 22.5 Å². The number of nitrogens with zero attached hydrogens (tertiary/aromatic N) is 4. The number of anilines is 2. The highest BCUT2D eigenvalue weighted by Crippen LogP contribution is 2.34. The lowest BCUT2D eigenvalue weighted by Crippen LogP contribution is -2.20. The van der Waals surface area contributed by atoms with Crippen LogP contribution in [0.25, 0.3) is 33.4 Å². The first-order chi connectivity index (χ1) is 18.8. The van der Waals surface area contributed by atoms with Crippen molar-refractivity contribution in [2.75, 3.05) is 17.7 Å². The van der Waals surface area contributed by atoms with Crippen LogP contribution in [-0.4, -0.2) is 38.2 Å². The number of carbonyl (C=O) groups excluding carboxylic acids is 2. The molecule has 0 spiro atoms. The lowest BCUT2D eigenvalue weighted by Gasteiger charge is -2.11. The van der Waals surface area contributed by atoms with Crippen LogP contribution in [0.4, 0.5) is 15.8 Å². The number of para-hydroxylation sites is 1. The van der Waals surface area contributed by atoms with Crippen molar-refractivity contribution in [3.63, 3.8) is 0 Å². The minimum Gasteiger partial charge on any atom is -0.462 e. The Morgan fingerprint density at radius 3 is 2.69 bits per heavy atom. The molecule has 3 aromatic heterocycles. The normalized spacial score (nSPS) is 10.9. The van der Waals surface area contributed by atoms with Gasteiger partial charge in [0, 0.05) is 34.7 Å². The van der Waals surface area contributed by atoms with Crippen LogP contribution in [0.5, 0.6) is 0 Å². The Kier molecular flexibility index (Phi) is 7.00. The van der Waals surface area contributed by atoms with Crippen LogP contribution >= 0.6 is 0 Å². The van der Waals surface area contributed by atoms with E-state index in [2.05, 4.69) is 15.3 Å². The fourth-order valence-corrected chi connectivity index (χ4v) is 4.31. The van der Waals surface area contributed by atoms with Crippen molar-refractivity contribution < 1.29 is 18.7 Å². The van der Waals surface area contributed by atoms with E-state index in [4.69, 9.17) is 15.6 Å². The number of nitrogens with one attached hydrogen (secondary N) is 1. The molecule has 0 aliphatic carbocycles. The Labute approximate surface area is 223 Å². The zero-order chi connectivity index (χ0) is 27.5. The number of ether oxygens (including phenoxy) is 1. The van der Waals surface area contributed by atoms with E-state index >= 15 is 0 Å². The monoisotopic (exact) mass is 524 g/mol. The number of nitrogen functional groups attached to an aromatic ring is 1. The summed E-state index contributed by atoms with van der Waals surface area (Å²) in [6, 6.07) is 17.7. The summed E-state index contributed by atoms with van der Waals surface area (Å²) in [6.45, 7) is 3.45. The molecule has 0 saturated heterocycles. The van der Waals surface area contributed by atoms with Gasteiger partial charge in [0.1, 0.15) is 18.1 Å². The number of fused-ring (bicyclic) bond motifs is 1. The van der Waals surface area contributed by atoms with Gasteiger partial charge in [0.15, 0.2) is 0 Å². The Hall–Kier alpha value is -5.12. The van der Waals surface area contributed by atoms with Crippen LogP contribution in [-0.2, 0) is 16.1 Å². The molecule has 0 aliphatic heterocycles. The van der Waals surface area contributed by atoms with Crippen molar-refractivity contribution >= 4 is 34.2 Å². The molecule has 0 aliphatic rings. The van der Waals surface area contributed by atoms with Gasteiger partial charge in [-0.05, 0) is 55.8 Å². The molecule has 39 heavy (non-hydrogen) atoms. The molecular formula is C29H25FN6O3. The van der Waals surface area contributed by atoms with Crippen molar-refractivity contribution in [3.05, 3.63) is 90.1 Å². The van der Waals surface area contributed by atoms with E-state index in [0.717, 1.165) is 33.8 Å². The number of amides is 1. The number of aryl methyl sites for hydroxylation is 1. The van der Waals surface area contributed by atoms with E-state index in [1.807, 2.05) is 55.5 Å². The molecule has 10 heteroatoms. The first kappa shape index (κ1) is 25.5. The lowest BCUT2D eigenvalue weighted by atomic mass is 10.0. The summed E-state index contributed by atoms with van der Waals surface area (Å²) in [6.07, 6.45) is 3.50. The van der Waals surface area contributed by atoms with E-state index < -0.39 is 17.7 Å². The lowest BCUT2D eigenvalue weighted by molar-refractivity contribution is -0.116. The number of rotatable bonds is 7. The summed E-state index contributed by atoms with van der Waals surface area (Å²) < 4.78 is 20.8. The topological polar surface area (TPSA) is 125 Å². The Bertz CT molecular complexity index is 1710. The van der Waals surface area contributed by atoms with Crippen LogP contribution < -0.4 is 11.1 Å². The summed E-state index contributed by atoms with van der Waals surface area (Å²) >= 11 is 0. The first-order valence-electron chi connectivity index (χ1n) is 12.3. The maximum atomic E-state index is 14.4. The smallest absolute Gasteiger partial charge is 0.340 e. The van der Waals surface area contributed by atoms with Gasteiger partial charge in [-0.2, -0.15) is 5.10 Å². The summed E-state index contributed by atoms with van der Waals surface area (Å²) in [7, 11) is 0. The Balaban J connectivity index is 1.49. The molecule has 9 nitrogen and oxygen atoms in total. The van der Waals surface area contributed by atoms with Crippen LogP contribution in [0.3, 0.4) is 0 Å². The van der Waals surface area contributed by atoms with Crippen molar-refractivity contribution in [1.82, 2.24) is 19.7 Å². The molecule has 0 saturated carbocycles. The highest BCUT2D eigenvalue weighted by atomic mass is 19.1. The third-order valence-corrected chi connectivity index (χ3v) is 6.05. The number of hydrogen-bond donors (Lipinski definition) is 2. The zero-order valence-corrected chi connectivity index (χ0v) is 21.3. The largest absolute Gasteiger partial charge is 0.462 e. The Morgan fingerprint density at radius 2 is 1.90 bits per heavy atom. The standard InChI is InChI=1S/C29H25FN6O3/c1-3-39-29(38)21-13-18(14-23(30)27(21)31)34-26(37)16-36-15-22(28(35-36)25-10-6-7-17(2)33-25)19-11-12-32-24-9-5-4-8-20(19)24/h4-15H,3,16,31H2,1-2H3,(H,34,37). The molecular weight excluding hydrogens is 499 g/mol. The molecule has 2 aromatic carbocycles. The summed E-state index contributed by atoms with van der Waals surface area (Å²) in [5, 5.41) is 8.24. The Morgan fingerprint density at radius 1 is 1.08 bits per heavy atom. The van der Waals surface area contributed by atoms with E-state index in [0.29, 0.717) is 11.4 Å². The maximum absolute atomic E-state index is 14.4. The van der Waals surface area contributed by atoms with Gasteiger partial charge in [-0.15, -0.1) is 0 Å². The zero-order valence-electron chi connectivity index (χ0n) is 21.3. The van der Waals surface area contributed by atoms with Gasteiger partial charge in [-0.1, -0.05) is 24.3 Å². The highest BCUT2D eigenvalue weighted by Gasteiger charge is 2.20. The molecule has 196 valence electrons. The number of benzene rings is 2. The third kappa shape index (κ3) is 5.30.